The fourth-order valence-corrected chi connectivity index (χ4v) is 2.96. The predicted molar refractivity (Wildman–Crippen MR) is 85.4 cm³/mol. The van der Waals surface area contributed by atoms with Crippen LogP contribution in [0.1, 0.15) is 35.8 Å². The number of halogens is 2. The lowest BCUT2D eigenvalue weighted by Gasteiger charge is -2.08. The first-order valence-corrected chi connectivity index (χ1v) is 7.65. The van der Waals surface area contributed by atoms with Gasteiger partial charge in [0.05, 0.1) is 9.26 Å². The molecule has 1 aliphatic rings. The van der Waals surface area contributed by atoms with E-state index >= 15 is 0 Å². The van der Waals surface area contributed by atoms with Crippen molar-refractivity contribution in [2.45, 2.75) is 25.2 Å². The quantitative estimate of drug-likeness (QED) is 0.818. The number of rotatable bonds is 3. The number of nitrogens with zero attached hydrogens (tertiary/aromatic N) is 2. The lowest BCUT2D eigenvalue weighted by atomic mass is 10.1. The summed E-state index contributed by atoms with van der Waals surface area (Å²) in [6.07, 6.45) is 3.09. The van der Waals surface area contributed by atoms with Crippen molar-refractivity contribution in [3.8, 4) is 0 Å². The van der Waals surface area contributed by atoms with Gasteiger partial charge in [-0.05, 0) is 53.1 Å². The second kappa shape index (κ2) is 5.25. The van der Waals surface area contributed by atoms with Gasteiger partial charge in [-0.3, -0.25) is 0 Å². The van der Waals surface area contributed by atoms with E-state index in [9.17, 15) is 0 Å². The highest BCUT2D eigenvalue weighted by atomic mass is 127. The van der Waals surface area contributed by atoms with E-state index in [2.05, 4.69) is 32.6 Å². The van der Waals surface area contributed by atoms with Gasteiger partial charge < -0.3 is 5.73 Å². The Labute approximate surface area is 130 Å². The molecule has 5 heteroatoms. The average molecular weight is 386 g/mol. The molecule has 1 fully saturated rings. The Kier molecular flexibility index (Phi) is 3.62. The molecule has 1 aromatic carbocycles. The molecule has 1 saturated carbocycles. The standard InChI is InChI=1S/C14H13ClIN3/c15-10-3-1-2-8(6-10)7-11-18-13(9-4-5-9)12(16)14(17)19-11/h1-3,6,9H,4-5,7H2,(H2,17,18,19). The maximum absolute atomic E-state index is 5.99. The van der Waals surface area contributed by atoms with Crippen LogP contribution in [0.2, 0.25) is 5.02 Å². The molecule has 0 spiro atoms. The number of nitrogen functional groups attached to an aromatic ring is 1. The first-order chi connectivity index (χ1) is 9.13. The zero-order chi connectivity index (χ0) is 13.4. The van der Waals surface area contributed by atoms with Crippen LogP contribution in [0.25, 0.3) is 0 Å². The van der Waals surface area contributed by atoms with E-state index in [0.29, 0.717) is 18.2 Å². The number of nitrogens with two attached hydrogens (primary N) is 1. The Hall–Kier alpha value is -0.880. The first-order valence-electron chi connectivity index (χ1n) is 6.19. The lowest BCUT2D eigenvalue weighted by Crippen LogP contribution is -2.07. The molecule has 3 nitrogen and oxygen atoms in total. The van der Waals surface area contributed by atoms with Crippen LogP contribution in [0.5, 0.6) is 0 Å². The van der Waals surface area contributed by atoms with Crippen molar-refractivity contribution in [2.24, 2.45) is 0 Å². The van der Waals surface area contributed by atoms with Gasteiger partial charge in [-0.25, -0.2) is 9.97 Å². The molecule has 1 heterocycles. The second-order valence-corrected chi connectivity index (χ2v) is 6.32. The molecule has 1 aliphatic carbocycles. The molecule has 19 heavy (non-hydrogen) atoms. The number of aromatic nitrogens is 2. The Morgan fingerprint density at radius 2 is 2.11 bits per heavy atom. The van der Waals surface area contributed by atoms with Crippen molar-refractivity contribution < 1.29 is 0 Å². The lowest BCUT2D eigenvalue weighted by molar-refractivity contribution is 0.894. The van der Waals surface area contributed by atoms with Gasteiger partial charge in [-0.15, -0.1) is 0 Å². The van der Waals surface area contributed by atoms with Crippen LogP contribution in [0.3, 0.4) is 0 Å². The SMILES string of the molecule is Nc1nc(Cc2cccc(Cl)c2)nc(C2CC2)c1I. The third kappa shape index (κ3) is 3.00. The maximum atomic E-state index is 5.99. The van der Waals surface area contributed by atoms with Gasteiger partial charge in [0.25, 0.3) is 0 Å². The molecule has 0 unspecified atom stereocenters. The highest BCUT2D eigenvalue weighted by molar-refractivity contribution is 14.1. The van der Waals surface area contributed by atoms with Crippen molar-refractivity contribution in [2.75, 3.05) is 5.73 Å². The van der Waals surface area contributed by atoms with Gasteiger partial charge >= 0.3 is 0 Å². The highest BCUT2D eigenvalue weighted by Crippen LogP contribution is 2.41. The monoisotopic (exact) mass is 385 g/mol. The molecular weight excluding hydrogens is 373 g/mol. The van der Waals surface area contributed by atoms with Crippen molar-refractivity contribution in [1.82, 2.24) is 9.97 Å². The molecule has 0 aliphatic heterocycles. The van der Waals surface area contributed by atoms with Crippen molar-refractivity contribution in [1.29, 1.82) is 0 Å². The molecule has 0 amide bonds. The number of benzene rings is 1. The summed E-state index contributed by atoms with van der Waals surface area (Å²) in [7, 11) is 0. The minimum Gasteiger partial charge on any atom is -0.383 e. The van der Waals surface area contributed by atoms with Crippen LogP contribution in [0.4, 0.5) is 5.82 Å². The van der Waals surface area contributed by atoms with Gasteiger partial charge in [0.2, 0.25) is 0 Å². The van der Waals surface area contributed by atoms with Gasteiger partial charge in [-0.2, -0.15) is 0 Å². The molecule has 2 aromatic rings. The van der Waals surface area contributed by atoms with Crippen LogP contribution >= 0.6 is 34.2 Å². The Bertz CT molecular complexity index is 626. The van der Waals surface area contributed by atoms with Crippen molar-refractivity contribution in [3.05, 3.63) is 49.9 Å². The topological polar surface area (TPSA) is 51.8 Å². The summed E-state index contributed by atoms with van der Waals surface area (Å²) in [5.74, 6) is 1.95. The summed E-state index contributed by atoms with van der Waals surface area (Å²) in [6, 6.07) is 7.77. The molecule has 0 atom stereocenters. The van der Waals surface area contributed by atoms with Crippen molar-refractivity contribution in [3.63, 3.8) is 0 Å². The zero-order valence-corrected chi connectivity index (χ0v) is 13.1. The molecule has 1 aromatic heterocycles. The van der Waals surface area contributed by atoms with E-state index in [1.165, 1.54) is 12.8 Å². The fourth-order valence-electron chi connectivity index (χ4n) is 2.07. The maximum Gasteiger partial charge on any atom is 0.140 e. The zero-order valence-electron chi connectivity index (χ0n) is 10.2. The second-order valence-electron chi connectivity index (χ2n) is 4.81. The normalized spacial score (nSPS) is 14.6. The van der Waals surface area contributed by atoms with Crippen LogP contribution in [-0.2, 0) is 6.42 Å². The summed E-state index contributed by atoms with van der Waals surface area (Å²) in [5.41, 5.74) is 8.21. The van der Waals surface area contributed by atoms with E-state index in [1.54, 1.807) is 0 Å². The summed E-state index contributed by atoms with van der Waals surface area (Å²) >= 11 is 8.23. The fraction of sp³-hybridized carbons (Fsp3) is 0.286. The Balaban J connectivity index is 1.92. The van der Waals surface area contributed by atoms with E-state index in [-0.39, 0.29) is 0 Å². The Morgan fingerprint density at radius 1 is 1.32 bits per heavy atom. The van der Waals surface area contributed by atoms with Crippen LogP contribution in [-0.4, -0.2) is 9.97 Å². The van der Waals surface area contributed by atoms with Gasteiger partial charge in [0.15, 0.2) is 0 Å². The van der Waals surface area contributed by atoms with Crippen LogP contribution < -0.4 is 5.73 Å². The summed E-state index contributed by atoms with van der Waals surface area (Å²) in [6.45, 7) is 0. The third-order valence-electron chi connectivity index (χ3n) is 3.16. The molecule has 98 valence electrons. The molecule has 0 bridgehead atoms. The van der Waals surface area contributed by atoms with Crippen LogP contribution in [0, 0.1) is 3.57 Å². The average Bonchev–Trinajstić information content (AvgIpc) is 3.18. The summed E-state index contributed by atoms with van der Waals surface area (Å²) in [4.78, 5) is 9.06. The minimum absolute atomic E-state index is 0.579. The number of hydrogen-bond donors (Lipinski definition) is 1. The van der Waals surface area contributed by atoms with E-state index in [4.69, 9.17) is 17.3 Å². The minimum atomic E-state index is 0.579. The molecule has 0 saturated heterocycles. The largest absolute Gasteiger partial charge is 0.383 e. The number of hydrogen-bond acceptors (Lipinski definition) is 3. The number of anilines is 1. The highest BCUT2D eigenvalue weighted by Gasteiger charge is 2.28. The predicted octanol–water partition coefficient (Wildman–Crippen LogP) is 3.79. The Morgan fingerprint density at radius 3 is 2.79 bits per heavy atom. The molecule has 2 N–H and O–H groups in total. The molecule has 3 rings (SSSR count). The van der Waals surface area contributed by atoms with Gasteiger partial charge in [-0.1, -0.05) is 23.7 Å². The smallest absolute Gasteiger partial charge is 0.140 e. The van der Waals surface area contributed by atoms with Gasteiger partial charge in [0.1, 0.15) is 11.6 Å². The van der Waals surface area contributed by atoms with E-state index in [0.717, 1.165) is 25.7 Å². The van der Waals surface area contributed by atoms with Crippen LogP contribution in [0.15, 0.2) is 24.3 Å². The van der Waals surface area contributed by atoms with Crippen molar-refractivity contribution >= 4 is 40.0 Å². The van der Waals surface area contributed by atoms with E-state index < -0.39 is 0 Å². The van der Waals surface area contributed by atoms with E-state index in [1.807, 2.05) is 24.3 Å². The molecule has 0 radical (unpaired) electrons. The summed E-state index contributed by atoms with van der Waals surface area (Å²) < 4.78 is 1.01. The molecular formula is C14H13ClIN3. The summed E-state index contributed by atoms with van der Waals surface area (Å²) in [5, 5.41) is 0.735. The third-order valence-corrected chi connectivity index (χ3v) is 4.50. The van der Waals surface area contributed by atoms with Gasteiger partial charge in [0, 0.05) is 17.4 Å². The first kappa shape index (κ1) is 13.1.